The number of carboxylic acid groups (broad SMARTS) is 1. The second-order valence-corrected chi connectivity index (χ2v) is 9.61. The van der Waals surface area contributed by atoms with E-state index in [1.54, 1.807) is 18.2 Å². The molecule has 0 aliphatic heterocycles. The van der Waals surface area contributed by atoms with Gasteiger partial charge in [-0.2, -0.15) is 0 Å². The third-order valence-electron chi connectivity index (χ3n) is 7.71. The second-order valence-electron chi connectivity index (χ2n) is 9.61. The first-order valence-electron chi connectivity index (χ1n) is 11.4. The average molecular weight is 493 g/mol. The van der Waals surface area contributed by atoms with E-state index >= 15 is 0 Å². The van der Waals surface area contributed by atoms with Crippen LogP contribution in [0.3, 0.4) is 0 Å². The number of primary amides is 1. The maximum Gasteiger partial charge on any atom is 0.335 e. The van der Waals surface area contributed by atoms with Gasteiger partial charge in [-0.05, 0) is 60.1 Å². The summed E-state index contributed by atoms with van der Waals surface area (Å²) in [6.45, 7) is 0. The highest BCUT2D eigenvalue weighted by molar-refractivity contribution is 6.24. The number of aromatic hydroxyl groups is 1. The minimum atomic E-state index is -2.63. The number of hydrogen-bond acceptors (Lipinski definition) is 8. The fraction of sp³-hybridized carbons (Fsp3) is 0.308. The number of phenolic OH excluding ortho intramolecular Hbond substituents is 1. The number of carbonyl (C=O) groups is 4. The lowest BCUT2D eigenvalue weighted by Crippen LogP contribution is -2.66. The predicted molar refractivity (Wildman–Crippen MR) is 124 cm³/mol. The van der Waals surface area contributed by atoms with E-state index in [4.69, 9.17) is 5.73 Å². The van der Waals surface area contributed by atoms with Gasteiger partial charge in [0.05, 0.1) is 17.2 Å². The Morgan fingerprint density at radius 2 is 1.67 bits per heavy atom. The van der Waals surface area contributed by atoms with Crippen LogP contribution in [0.15, 0.2) is 42.0 Å². The third kappa shape index (κ3) is 3.18. The lowest BCUT2D eigenvalue weighted by molar-refractivity contribution is -0.174. The zero-order chi connectivity index (χ0) is 26.1. The number of aliphatic hydroxyl groups excluding tert-OH is 2. The predicted octanol–water partition coefficient (Wildman–Crippen LogP) is 0.954. The summed E-state index contributed by atoms with van der Waals surface area (Å²) in [4.78, 5) is 49.5. The molecule has 2 unspecified atom stereocenters. The topological polar surface area (TPSA) is 195 Å². The largest absolute Gasteiger partial charge is 0.507 e. The van der Waals surface area contributed by atoms with Crippen LogP contribution in [0.5, 0.6) is 5.75 Å². The molecule has 5 rings (SSSR count). The van der Waals surface area contributed by atoms with Crippen molar-refractivity contribution in [3.63, 3.8) is 0 Å². The van der Waals surface area contributed by atoms with Gasteiger partial charge in [0.25, 0.3) is 0 Å². The van der Waals surface area contributed by atoms with Crippen LogP contribution in [-0.2, 0) is 20.8 Å². The number of aromatic carboxylic acids is 1. The van der Waals surface area contributed by atoms with Crippen molar-refractivity contribution in [2.24, 2.45) is 23.5 Å². The van der Waals surface area contributed by atoms with Crippen LogP contribution in [0, 0.1) is 17.8 Å². The molecule has 0 radical (unpaired) electrons. The van der Waals surface area contributed by atoms with Gasteiger partial charge in [-0.15, -0.1) is 0 Å². The van der Waals surface area contributed by atoms with Gasteiger partial charge in [0, 0.05) is 11.5 Å². The van der Waals surface area contributed by atoms with Crippen LogP contribution in [0.2, 0.25) is 0 Å². The molecule has 2 fully saturated rings. The Bertz CT molecular complexity index is 1380. The minimum Gasteiger partial charge on any atom is -0.507 e. The van der Waals surface area contributed by atoms with E-state index < -0.39 is 58.7 Å². The van der Waals surface area contributed by atoms with E-state index in [1.165, 1.54) is 18.2 Å². The van der Waals surface area contributed by atoms with Crippen molar-refractivity contribution in [1.29, 1.82) is 0 Å². The maximum absolute atomic E-state index is 13.5. The van der Waals surface area contributed by atoms with Crippen molar-refractivity contribution in [1.82, 2.24) is 0 Å². The molecule has 5 atom stereocenters. The Hall–Kier alpha value is -4.02. The van der Waals surface area contributed by atoms with E-state index in [-0.39, 0.29) is 41.7 Å². The number of phenols is 1. The zero-order valence-corrected chi connectivity index (χ0v) is 18.8. The number of carbonyl (C=O) groups excluding carboxylic acids is 3. The van der Waals surface area contributed by atoms with Gasteiger partial charge >= 0.3 is 5.97 Å². The van der Waals surface area contributed by atoms with E-state index in [2.05, 4.69) is 0 Å². The summed E-state index contributed by atoms with van der Waals surface area (Å²) in [5.41, 5.74) is 4.20. The summed E-state index contributed by atoms with van der Waals surface area (Å²) < 4.78 is 0. The van der Waals surface area contributed by atoms with Crippen LogP contribution in [0.25, 0.3) is 16.9 Å². The van der Waals surface area contributed by atoms with Crippen LogP contribution in [0.4, 0.5) is 0 Å². The van der Waals surface area contributed by atoms with Gasteiger partial charge in [0.1, 0.15) is 17.4 Å². The second kappa shape index (κ2) is 8.00. The molecule has 2 aromatic rings. The maximum atomic E-state index is 13.5. The summed E-state index contributed by atoms with van der Waals surface area (Å²) in [5.74, 6) is -8.78. The summed E-state index contributed by atoms with van der Waals surface area (Å²) in [7, 11) is 0. The van der Waals surface area contributed by atoms with Crippen molar-refractivity contribution in [2.45, 2.75) is 31.0 Å². The number of fused-ring (bicyclic) bond motifs is 3. The molecule has 1 amide bonds. The van der Waals surface area contributed by atoms with Gasteiger partial charge in [-0.3, -0.25) is 14.4 Å². The summed E-state index contributed by atoms with van der Waals surface area (Å²) in [5, 5.41) is 52.6. The molecule has 0 heterocycles. The number of carboxylic acids is 1. The molecule has 0 spiro atoms. The van der Waals surface area contributed by atoms with E-state index in [0.717, 1.165) is 0 Å². The Morgan fingerprint density at radius 1 is 1.00 bits per heavy atom. The zero-order valence-electron chi connectivity index (χ0n) is 18.8. The minimum absolute atomic E-state index is 0.0220. The first-order chi connectivity index (χ1) is 17.0. The molecule has 2 aromatic carbocycles. The molecule has 36 heavy (non-hydrogen) atoms. The van der Waals surface area contributed by atoms with Crippen molar-refractivity contribution in [2.75, 3.05) is 0 Å². The van der Waals surface area contributed by atoms with Gasteiger partial charge < -0.3 is 31.3 Å². The average Bonchev–Trinajstić information content (AvgIpc) is 2.81. The summed E-state index contributed by atoms with van der Waals surface area (Å²) in [6.07, 6.45) is -1.43. The van der Waals surface area contributed by atoms with E-state index in [1.807, 2.05) is 0 Å². The summed E-state index contributed by atoms with van der Waals surface area (Å²) >= 11 is 0. The Kier molecular flexibility index (Phi) is 5.27. The van der Waals surface area contributed by atoms with Gasteiger partial charge in [0.2, 0.25) is 11.7 Å². The van der Waals surface area contributed by atoms with E-state index in [0.29, 0.717) is 16.7 Å². The van der Waals surface area contributed by atoms with E-state index in [9.17, 15) is 44.7 Å². The van der Waals surface area contributed by atoms with Crippen molar-refractivity contribution in [3.05, 3.63) is 58.7 Å². The quantitative estimate of drug-likeness (QED) is 0.337. The highest BCUT2D eigenvalue weighted by atomic mass is 16.4. The lowest BCUT2D eigenvalue weighted by atomic mass is 9.56. The first kappa shape index (κ1) is 23.7. The van der Waals surface area contributed by atoms with Crippen molar-refractivity contribution in [3.8, 4) is 16.9 Å². The fourth-order valence-corrected chi connectivity index (χ4v) is 5.99. The SMILES string of the molecule is NC(=O)C1C(=O)[C@@]2(O)C(=O)C3=C(O)c4c(O)ccc(-c5ccc(C(=O)O)cc5)c4C[C@H]3C[C@H]2CC1O. The molecule has 0 aromatic heterocycles. The molecular formula is C26H23NO9. The number of amides is 1. The third-order valence-corrected chi connectivity index (χ3v) is 7.71. The number of hydrogen-bond donors (Lipinski definition) is 6. The molecule has 10 nitrogen and oxygen atoms in total. The smallest absolute Gasteiger partial charge is 0.335 e. The molecule has 0 saturated heterocycles. The molecular weight excluding hydrogens is 470 g/mol. The summed E-state index contributed by atoms with van der Waals surface area (Å²) in [6, 6.07) is 8.99. The van der Waals surface area contributed by atoms with Gasteiger partial charge in [-0.1, -0.05) is 18.2 Å². The number of ketones is 2. The number of aliphatic hydroxyl groups is 3. The highest BCUT2D eigenvalue weighted by Crippen LogP contribution is 2.52. The lowest BCUT2D eigenvalue weighted by Gasteiger charge is -2.48. The molecule has 3 aliphatic carbocycles. The van der Waals surface area contributed by atoms with Crippen LogP contribution in [-0.4, -0.2) is 60.7 Å². The number of Topliss-reactive ketones (excluding diaryl/α,β-unsaturated/α-hetero) is 2. The van der Waals surface area contributed by atoms with Crippen LogP contribution in [0.1, 0.15) is 34.3 Å². The Balaban J connectivity index is 1.64. The van der Waals surface area contributed by atoms with Crippen LogP contribution < -0.4 is 5.73 Å². The molecule has 0 bridgehead atoms. The number of benzene rings is 2. The fourth-order valence-electron chi connectivity index (χ4n) is 5.99. The monoisotopic (exact) mass is 493 g/mol. The van der Waals surface area contributed by atoms with Gasteiger partial charge in [-0.25, -0.2) is 4.79 Å². The highest BCUT2D eigenvalue weighted by Gasteiger charge is 2.63. The Morgan fingerprint density at radius 3 is 2.28 bits per heavy atom. The molecule has 2 saturated carbocycles. The standard InChI is InChI=1S/C26H23NO9/c27-24(33)20-17(29)9-13-7-12-8-15-14(10-1-3-11(4-2-10)25(34)35)5-6-16(28)19(15)21(30)18(12)22(31)26(13,36)23(20)32/h1-6,12-13,17,20,28-30,36H,7-9H2,(H2,27,33)(H,34,35)/t12-,13+,17?,20?,26+/m1/s1. The first-order valence-corrected chi connectivity index (χ1v) is 11.4. The molecule has 3 aliphatic rings. The van der Waals surface area contributed by atoms with Crippen molar-refractivity contribution < 1.29 is 44.7 Å². The van der Waals surface area contributed by atoms with Gasteiger partial charge in [0.15, 0.2) is 11.4 Å². The van der Waals surface area contributed by atoms with Crippen molar-refractivity contribution >= 4 is 29.2 Å². The van der Waals surface area contributed by atoms with Crippen LogP contribution >= 0.6 is 0 Å². The number of nitrogens with two attached hydrogens (primary N) is 1. The molecule has 7 N–H and O–H groups in total. The molecule has 10 heteroatoms. The normalized spacial score (nSPS) is 29.3. The Labute approximate surface area is 204 Å². The number of rotatable bonds is 3. The molecule has 186 valence electrons.